The molecule has 23 heavy (non-hydrogen) atoms. The minimum absolute atomic E-state index is 0.112. The average molecular weight is 330 g/mol. The molecule has 3 N–H and O–H groups in total. The molecule has 1 aromatic rings. The number of halogens is 3. The molecule has 0 spiro atoms. The van der Waals surface area contributed by atoms with E-state index in [4.69, 9.17) is 5.73 Å². The second-order valence-electron chi connectivity index (χ2n) is 5.92. The van der Waals surface area contributed by atoms with E-state index >= 15 is 0 Å². The highest BCUT2D eigenvalue weighted by atomic mass is 19.4. The minimum Gasteiger partial charge on any atom is -0.370 e. The molecule has 7 heteroatoms. The summed E-state index contributed by atoms with van der Waals surface area (Å²) in [6.07, 6.45) is -4.56. The van der Waals surface area contributed by atoms with E-state index in [1.807, 2.05) is 0 Å². The van der Waals surface area contributed by atoms with Crippen LogP contribution >= 0.6 is 0 Å². The van der Waals surface area contributed by atoms with E-state index in [0.29, 0.717) is 5.56 Å². The summed E-state index contributed by atoms with van der Waals surface area (Å²) in [5.41, 5.74) is 4.66. The first-order chi connectivity index (χ1) is 10.5. The van der Waals surface area contributed by atoms with Gasteiger partial charge in [-0.05, 0) is 23.6 Å². The molecule has 0 aromatic heterocycles. The molecule has 4 nitrogen and oxygen atoms in total. The number of hydrogen-bond donors (Lipinski definition) is 2. The van der Waals surface area contributed by atoms with Gasteiger partial charge in [-0.25, -0.2) is 0 Å². The van der Waals surface area contributed by atoms with Crippen LogP contribution in [0, 0.1) is 11.8 Å². The molecule has 0 radical (unpaired) electrons. The van der Waals surface area contributed by atoms with E-state index in [9.17, 15) is 22.8 Å². The quantitative estimate of drug-likeness (QED) is 0.841. The van der Waals surface area contributed by atoms with Gasteiger partial charge in [0.1, 0.15) is 0 Å². The fraction of sp³-hybridized carbons (Fsp3) is 0.500. The lowest BCUT2D eigenvalue weighted by molar-refractivity contribution is -0.137. The van der Waals surface area contributed by atoms with E-state index in [0.717, 1.165) is 12.1 Å². The summed E-state index contributed by atoms with van der Waals surface area (Å²) in [4.78, 5) is 23.0. The summed E-state index contributed by atoms with van der Waals surface area (Å²) in [5, 5.41) is 2.70. The number of nitrogens with one attached hydrogen (secondary N) is 1. The molecule has 0 aliphatic heterocycles. The Labute approximate surface area is 133 Å². The predicted molar refractivity (Wildman–Crippen MR) is 80.1 cm³/mol. The molecule has 1 rings (SSSR count). The van der Waals surface area contributed by atoms with Crippen molar-refractivity contribution < 1.29 is 22.8 Å². The Bertz CT molecular complexity index is 571. The molecule has 128 valence electrons. The second kappa shape index (κ2) is 7.48. The number of carbonyl (C=O) groups excluding carboxylic acids is 2. The molecule has 0 aliphatic carbocycles. The van der Waals surface area contributed by atoms with Crippen molar-refractivity contribution in [2.75, 3.05) is 0 Å². The Hall–Kier alpha value is -2.05. The van der Waals surface area contributed by atoms with Crippen LogP contribution in [0.4, 0.5) is 13.2 Å². The SMILES string of the molecule is CC(C)[C@H](NC(=O)[C@@H](C)CC(N)=O)c1cccc(C(F)(F)F)c1. The average Bonchev–Trinajstić information content (AvgIpc) is 2.42. The van der Waals surface area contributed by atoms with Gasteiger partial charge in [0.15, 0.2) is 0 Å². The lowest BCUT2D eigenvalue weighted by atomic mass is 9.93. The molecule has 0 aliphatic rings. The summed E-state index contributed by atoms with van der Waals surface area (Å²) >= 11 is 0. The topological polar surface area (TPSA) is 72.2 Å². The van der Waals surface area contributed by atoms with Crippen LogP contribution in [-0.4, -0.2) is 11.8 Å². The molecule has 0 fully saturated rings. The van der Waals surface area contributed by atoms with Gasteiger partial charge < -0.3 is 11.1 Å². The van der Waals surface area contributed by atoms with E-state index < -0.39 is 35.5 Å². The fourth-order valence-electron chi connectivity index (χ4n) is 2.23. The van der Waals surface area contributed by atoms with Crippen LogP contribution in [0.5, 0.6) is 0 Å². The molecular formula is C16H21F3N2O2. The maximum Gasteiger partial charge on any atom is 0.416 e. The van der Waals surface area contributed by atoms with Crippen molar-refractivity contribution in [1.82, 2.24) is 5.32 Å². The summed E-state index contributed by atoms with van der Waals surface area (Å²) < 4.78 is 38.5. The number of carbonyl (C=O) groups is 2. The number of hydrogen-bond acceptors (Lipinski definition) is 2. The van der Waals surface area contributed by atoms with Gasteiger partial charge in [0.05, 0.1) is 11.6 Å². The van der Waals surface area contributed by atoms with Crippen molar-refractivity contribution in [3.05, 3.63) is 35.4 Å². The lowest BCUT2D eigenvalue weighted by Gasteiger charge is -2.25. The molecule has 1 aromatic carbocycles. The first-order valence-corrected chi connectivity index (χ1v) is 7.28. The molecule has 0 unspecified atom stereocenters. The maximum atomic E-state index is 12.8. The Morgan fingerprint density at radius 2 is 1.83 bits per heavy atom. The number of primary amides is 1. The Kier molecular flexibility index (Phi) is 6.18. The number of benzene rings is 1. The summed E-state index contributed by atoms with van der Waals surface area (Å²) in [5.74, 6) is -1.78. The number of amides is 2. The van der Waals surface area contributed by atoms with Gasteiger partial charge >= 0.3 is 6.18 Å². The highest BCUT2D eigenvalue weighted by Crippen LogP contribution is 2.32. The smallest absolute Gasteiger partial charge is 0.370 e. The van der Waals surface area contributed by atoms with Gasteiger partial charge in [0.2, 0.25) is 11.8 Å². The number of nitrogens with two attached hydrogens (primary N) is 1. The van der Waals surface area contributed by atoms with Crippen molar-refractivity contribution in [2.45, 2.75) is 39.4 Å². The molecule has 0 heterocycles. The number of rotatable bonds is 6. The van der Waals surface area contributed by atoms with Crippen LogP contribution in [0.2, 0.25) is 0 Å². The van der Waals surface area contributed by atoms with Crippen molar-refractivity contribution >= 4 is 11.8 Å². The zero-order valence-electron chi connectivity index (χ0n) is 13.3. The standard InChI is InChI=1S/C16H21F3N2O2/c1-9(2)14(21-15(23)10(3)7-13(20)22)11-5-4-6-12(8-11)16(17,18)19/h4-6,8-10,14H,7H2,1-3H3,(H2,20,22)(H,21,23)/t10-,14-/m0/s1. The first-order valence-electron chi connectivity index (χ1n) is 7.28. The highest BCUT2D eigenvalue weighted by molar-refractivity contribution is 5.85. The van der Waals surface area contributed by atoms with E-state index in [1.165, 1.54) is 6.07 Å². The van der Waals surface area contributed by atoms with Crippen LogP contribution in [0.15, 0.2) is 24.3 Å². The fourth-order valence-corrected chi connectivity index (χ4v) is 2.23. The van der Waals surface area contributed by atoms with Crippen LogP contribution in [0.1, 0.15) is 44.4 Å². The molecule has 0 saturated carbocycles. The van der Waals surface area contributed by atoms with Crippen molar-refractivity contribution in [3.63, 3.8) is 0 Å². The zero-order valence-corrected chi connectivity index (χ0v) is 13.3. The van der Waals surface area contributed by atoms with Crippen molar-refractivity contribution in [2.24, 2.45) is 17.6 Å². The van der Waals surface area contributed by atoms with Crippen LogP contribution in [0.25, 0.3) is 0 Å². The van der Waals surface area contributed by atoms with Crippen LogP contribution in [-0.2, 0) is 15.8 Å². The molecular weight excluding hydrogens is 309 g/mol. The summed E-state index contributed by atoms with van der Waals surface area (Å²) in [6, 6.07) is 4.29. The zero-order chi connectivity index (χ0) is 17.8. The van der Waals surface area contributed by atoms with E-state index in [2.05, 4.69) is 5.32 Å². The molecule has 0 saturated heterocycles. The summed E-state index contributed by atoms with van der Waals surface area (Å²) in [7, 11) is 0. The lowest BCUT2D eigenvalue weighted by Crippen LogP contribution is -2.36. The van der Waals surface area contributed by atoms with Crippen molar-refractivity contribution in [1.29, 1.82) is 0 Å². The van der Waals surface area contributed by atoms with Crippen LogP contribution < -0.4 is 11.1 Å². The normalized spacial score (nSPS) is 14.4. The second-order valence-corrected chi connectivity index (χ2v) is 5.92. The highest BCUT2D eigenvalue weighted by Gasteiger charge is 2.31. The third-order valence-electron chi connectivity index (χ3n) is 3.49. The van der Waals surface area contributed by atoms with Gasteiger partial charge in [0, 0.05) is 12.3 Å². The van der Waals surface area contributed by atoms with Gasteiger partial charge in [-0.15, -0.1) is 0 Å². The third-order valence-corrected chi connectivity index (χ3v) is 3.49. The van der Waals surface area contributed by atoms with Gasteiger partial charge in [-0.1, -0.05) is 32.9 Å². The summed E-state index contributed by atoms with van der Waals surface area (Å²) in [6.45, 7) is 5.14. The van der Waals surface area contributed by atoms with E-state index in [-0.39, 0.29) is 12.3 Å². The minimum atomic E-state index is -4.44. The monoisotopic (exact) mass is 330 g/mol. The Balaban J connectivity index is 3.00. The predicted octanol–water partition coefficient (Wildman–Crippen LogP) is 3.03. The van der Waals surface area contributed by atoms with Gasteiger partial charge in [-0.3, -0.25) is 9.59 Å². The van der Waals surface area contributed by atoms with Crippen LogP contribution in [0.3, 0.4) is 0 Å². The third kappa shape index (κ3) is 5.58. The largest absolute Gasteiger partial charge is 0.416 e. The van der Waals surface area contributed by atoms with E-state index in [1.54, 1.807) is 26.8 Å². The van der Waals surface area contributed by atoms with Crippen molar-refractivity contribution in [3.8, 4) is 0 Å². The maximum absolute atomic E-state index is 12.8. The molecule has 2 atom stereocenters. The molecule has 2 amide bonds. The Morgan fingerprint density at radius 3 is 2.30 bits per heavy atom. The Morgan fingerprint density at radius 1 is 1.22 bits per heavy atom. The first kappa shape index (κ1) is 19.0. The molecule has 0 bridgehead atoms. The van der Waals surface area contributed by atoms with Gasteiger partial charge in [0.25, 0.3) is 0 Å². The number of alkyl halides is 3. The van der Waals surface area contributed by atoms with Gasteiger partial charge in [-0.2, -0.15) is 13.2 Å².